The van der Waals surface area contributed by atoms with Crippen molar-refractivity contribution in [3.05, 3.63) is 64.2 Å². The lowest BCUT2D eigenvalue weighted by Crippen LogP contribution is -2.46. The number of ether oxygens (including phenoxy) is 1. The largest absolute Gasteiger partial charge is 0.464 e. The molecule has 1 fully saturated rings. The molecule has 0 bridgehead atoms. The lowest BCUT2D eigenvalue weighted by Gasteiger charge is -2.24. The number of hydrogen-bond donors (Lipinski definition) is 1. The summed E-state index contributed by atoms with van der Waals surface area (Å²) in [5.41, 5.74) is 0.933. The molecule has 0 saturated carbocycles. The number of pyridine rings is 1. The Morgan fingerprint density at radius 2 is 2.00 bits per heavy atom. The third kappa shape index (κ3) is 4.94. The lowest BCUT2D eigenvalue weighted by molar-refractivity contribution is -0.138. The Bertz CT molecular complexity index is 1370. The van der Waals surface area contributed by atoms with Crippen molar-refractivity contribution >= 4 is 46.2 Å². The monoisotopic (exact) mass is 514 g/mol. The lowest BCUT2D eigenvalue weighted by atomic mass is 10.1. The molecule has 0 spiro atoms. The average molecular weight is 515 g/mol. The van der Waals surface area contributed by atoms with E-state index in [9.17, 15) is 23.6 Å². The van der Waals surface area contributed by atoms with Gasteiger partial charge in [-0.15, -0.1) is 0 Å². The summed E-state index contributed by atoms with van der Waals surface area (Å²) in [6.45, 7) is 1.53. The van der Waals surface area contributed by atoms with E-state index in [0.717, 1.165) is 0 Å². The first-order chi connectivity index (χ1) is 17.2. The van der Waals surface area contributed by atoms with Gasteiger partial charge in [0.25, 0.3) is 0 Å². The highest BCUT2D eigenvalue weighted by atomic mass is 35.5. The summed E-state index contributed by atoms with van der Waals surface area (Å²) in [6, 6.07) is 6.87. The molecule has 0 radical (unpaired) electrons. The van der Waals surface area contributed by atoms with Gasteiger partial charge in [-0.2, -0.15) is 0 Å². The zero-order valence-corrected chi connectivity index (χ0v) is 20.5. The number of ketones is 1. The van der Waals surface area contributed by atoms with Crippen LogP contribution in [-0.2, 0) is 27.4 Å². The third-order valence-electron chi connectivity index (χ3n) is 6.16. The number of likely N-dealkylation sites (tertiary alicyclic amines) is 1. The maximum atomic E-state index is 14.2. The van der Waals surface area contributed by atoms with Crippen LogP contribution in [0.15, 0.2) is 36.5 Å². The number of methoxy groups -OCH3 is 1. The van der Waals surface area contributed by atoms with E-state index in [1.807, 2.05) is 0 Å². The predicted molar refractivity (Wildman–Crippen MR) is 129 cm³/mol. The molecule has 1 atom stereocenters. The molecule has 9 nitrogen and oxygen atoms in total. The summed E-state index contributed by atoms with van der Waals surface area (Å²) in [5.74, 6) is -2.20. The van der Waals surface area contributed by atoms with E-state index in [0.29, 0.717) is 30.3 Å². The van der Waals surface area contributed by atoms with Gasteiger partial charge in [0.2, 0.25) is 11.8 Å². The molecule has 1 aliphatic heterocycles. The van der Waals surface area contributed by atoms with E-state index in [-0.39, 0.29) is 46.7 Å². The van der Waals surface area contributed by atoms with Gasteiger partial charge in [-0.1, -0.05) is 23.7 Å². The summed E-state index contributed by atoms with van der Waals surface area (Å²) >= 11 is 5.80. The number of rotatable bonds is 7. The number of nitrogens with one attached hydrogen (secondary N) is 1. The number of esters is 1. The van der Waals surface area contributed by atoms with E-state index in [1.165, 1.54) is 47.9 Å². The van der Waals surface area contributed by atoms with Crippen molar-refractivity contribution in [2.45, 2.75) is 38.9 Å². The number of carbonyl (C=O) groups excluding carboxylic acids is 4. The first-order valence-corrected chi connectivity index (χ1v) is 11.7. The van der Waals surface area contributed by atoms with Gasteiger partial charge < -0.3 is 19.5 Å². The quantitative estimate of drug-likeness (QED) is 0.383. The zero-order valence-electron chi connectivity index (χ0n) is 19.7. The van der Waals surface area contributed by atoms with E-state index < -0.39 is 23.7 Å². The summed E-state index contributed by atoms with van der Waals surface area (Å²) < 4.78 is 20.4. The Labute approximate surface area is 211 Å². The number of aromatic nitrogens is 2. The van der Waals surface area contributed by atoms with Gasteiger partial charge in [0, 0.05) is 35.8 Å². The Kier molecular flexibility index (Phi) is 7.35. The fourth-order valence-corrected chi connectivity index (χ4v) is 4.54. The molecular weight excluding hydrogens is 491 g/mol. The average Bonchev–Trinajstić information content (AvgIpc) is 3.49. The highest BCUT2D eigenvalue weighted by molar-refractivity contribution is 6.30. The molecule has 3 heterocycles. The molecule has 0 aliphatic carbocycles. The van der Waals surface area contributed by atoms with Crippen molar-refractivity contribution < 1.29 is 28.3 Å². The Balaban J connectivity index is 1.53. The standard InChI is InChI=1S/C25H24ClFN4O5/c1-14(32)17-12-30(23-16(17)8-9-19(29-23)25(35)36-2)13-21(33)31-10-4-7-20(31)24(34)28-11-15-5-3-6-18(26)22(15)27/h3,5-6,8-9,12,20H,4,7,10-11,13H2,1-2H3,(H,28,34)/t20-/m0/s1. The molecular formula is C25H24ClFN4O5. The second kappa shape index (κ2) is 10.4. The van der Waals surface area contributed by atoms with Gasteiger partial charge in [0.15, 0.2) is 11.5 Å². The summed E-state index contributed by atoms with van der Waals surface area (Å²) in [6.07, 6.45) is 2.61. The van der Waals surface area contributed by atoms with Gasteiger partial charge in [0.1, 0.15) is 24.1 Å². The number of Topliss-reactive ketones (excluding diaryl/α,β-unsaturated/α-hetero) is 1. The number of hydrogen-bond acceptors (Lipinski definition) is 6. The molecule has 188 valence electrons. The Morgan fingerprint density at radius 1 is 1.22 bits per heavy atom. The minimum Gasteiger partial charge on any atom is -0.464 e. The molecule has 1 aliphatic rings. The van der Waals surface area contributed by atoms with Crippen LogP contribution in [0.25, 0.3) is 11.0 Å². The number of amides is 2. The molecule has 1 N–H and O–H groups in total. The fourth-order valence-electron chi connectivity index (χ4n) is 4.34. The SMILES string of the molecule is COC(=O)c1ccc2c(C(C)=O)cn(CC(=O)N3CCC[C@H]3C(=O)NCc3cccc(Cl)c3F)c2n1. The van der Waals surface area contributed by atoms with Gasteiger partial charge in [-0.3, -0.25) is 14.4 Å². The number of benzene rings is 1. The van der Waals surface area contributed by atoms with Crippen LogP contribution >= 0.6 is 11.6 Å². The molecule has 11 heteroatoms. The minimum atomic E-state index is -0.715. The molecule has 0 unspecified atom stereocenters. The summed E-state index contributed by atoms with van der Waals surface area (Å²) in [4.78, 5) is 56.0. The first-order valence-electron chi connectivity index (χ1n) is 11.3. The van der Waals surface area contributed by atoms with Crippen molar-refractivity contribution in [1.82, 2.24) is 19.8 Å². The number of carbonyl (C=O) groups is 4. The normalized spacial score (nSPS) is 15.2. The van der Waals surface area contributed by atoms with Gasteiger partial charge in [-0.25, -0.2) is 14.2 Å². The molecule has 3 aromatic rings. The molecule has 4 rings (SSSR count). The van der Waals surface area contributed by atoms with Crippen LogP contribution < -0.4 is 5.32 Å². The maximum absolute atomic E-state index is 14.2. The van der Waals surface area contributed by atoms with Crippen LogP contribution in [0, 0.1) is 5.82 Å². The van der Waals surface area contributed by atoms with E-state index >= 15 is 0 Å². The van der Waals surface area contributed by atoms with Crippen LogP contribution in [0.1, 0.15) is 46.2 Å². The van der Waals surface area contributed by atoms with E-state index in [2.05, 4.69) is 10.3 Å². The second-order valence-corrected chi connectivity index (χ2v) is 8.87. The van der Waals surface area contributed by atoms with Gasteiger partial charge in [-0.05, 0) is 38.0 Å². The van der Waals surface area contributed by atoms with E-state index in [1.54, 1.807) is 12.1 Å². The Morgan fingerprint density at radius 3 is 2.72 bits per heavy atom. The number of halogens is 2. The van der Waals surface area contributed by atoms with Crippen molar-refractivity contribution in [3.8, 4) is 0 Å². The first kappa shape index (κ1) is 25.3. The van der Waals surface area contributed by atoms with Crippen LogP contribution in [-0.4, -0.2) is 57.7 Å². The van der Waals surface area contributed by atoms with Crippen LogP contribution in [0.4, 0.5) is 4.39 Å². The van der Waals surface area contributed by atoms with Crippen molar-refractivity contribution in [1.29, 1.82) is 0 Å². The van der Waals surface area contributed by atoms with Gasteiger partial charge in [0.05, 0.1) is 12.1 Å². The van der Waals surface area contributed by atoms with Gasteiger partial charge >= 0.3 is 5.97 Å². The summed E-state index contributed by atoms with van der Waals surface area (Å²) in [5, 5.41) is 3.15. The number of nitrogens with zero attached hydrogens (tertiary/aromatic N) is 3. The van der Waals surface area contributed by atoms with Crippen LogP contribution in [0.2, 0.25) is 5.02 Å². The second-order valence-electron chi connectivity index (χ2n) is 8.46. The zero-order chi connectivity index (χ0) is 26.0. The molecule has 36 heavy (non-hydrogen) atoms. The predicted octanol–water partition coefficient (Wildman–Crippen LogP) is 3.13. The topological polar surface area (TPSA) is 111 Å². The minimum absolute atomic E-state index is 0.0349. The van der Waals surface area contributed by atoms with Crippen LogP contribution in [0.5, 0.6) is 0 Å². The highest BCUT2D eigenvalue weighted by Gasteiger charge is 2.34. The molecule has 1 saturated heterocycles. The van der Waals surface area contributed by atoms with Crippen molar-refractivity contribution in [2.75, 3.05) is 13.7 Å². The van der Waals surface area contributed by atoms with E-state index in [4.69, 9.17) is 16.3 Å². The third-order valence-corrected chi connectivity index (χ3v) is 6.45. The molecule has 2 aromatic heterocycles. The van der Waals surface area contributed by atoms with Crippen molar-refractivity contribution in [3.63, 3.8) is 0 Å². The van der Waals surface area contributed by atoms with Crippen molar-refractivity contribution in [2.24, 2.45) is 0 Å². The Hall–Kier alpha value is -3.79. The summed E-state index contributed by atoms with van der Waals surface area (Å²) in [7, 11) is 1.23. The molecule has 2 amide bonds. The fraction of sp³-hybridized carbons (Fsp3) is 0.320. The smallest absolute Gasteiger partial charge is 0.356 e. The molecule has 1 aromatic carbocycles. The van der Waals surface area contributed by atoms with Crippen LogP contribution in [0.3, 0.4) is 0 Å². The number of fused-ring (bicyclic) bond motifs is 1. The highest BCUT2D eigenvalue weighted by Crippen LogP contribution is 2.24. The maximum Gasteiger partial charge on any atom is 0.356 e.